The molecule has 0 unspecified atom stereocenters. The van der Waals surface area contributed by atoms with Gasteiger partial charge in [-0.15, -0.1) is 0 Å². The molecule has 0 atom stereocenters. The number of alkyl halides is 6. The predicted molar refractivity (Wildman–Crippen MR) is 94.6 cm³/mol. The zero-order valence-electron chi connectivity index (χ0n) is 15.6. The maximum atomic E-state index is 14.6. The summed E-state index contributed by atoms with van der Waals surface area (Å²) < 4.78 is 91.9. The van der Waals surface area contributed by atoms with Gasteiger partial charge in [-0.05, 0) is 50.2 Å². The third-order valence-electron chi connectivity index (χ3n) is 5.44. The Labute approximate surface area is 160 Å². The molecule has 28 heavy (non-hydrogen) atoms. The lowest BCUT2D eigenvalue weighted by Crippen LogP contribution is -2.50. The first-order valence-electron chi connectivity index (χ1n) is 9.27. The van der Waals surface area contributed by atoms with Crippen LogP contribution in [0.1, 0.15) is 43.7 Å². The smallest absolute Gasteiger partial charge is 0.313 e. The topological polar surface area (TPSA) is 9.23 Å². The maximum Gasteiger partial charge on any atom is 0.385 e. The van der Waals surface area contributed by atoms with Crippen molar-refractivity contribution in [3.63, 3.8) is 0 Å². The van der Waals surface area contributed by atoms with Gasteiger partial charge in [-0.3, -0.25) is 0 Å². The number of halogens is 6. The summed E-state index contributed by atoms with van der Waals surface area (Å²) in [5, 5.41) is 0. The predicted octanol–water partition coefficient (Wildman–Crippen LogP) is 6.78. The van der Waals surface area contributed by atoms with Crippen LogP contribution in [0.5, 0.6) is 0 Å². The van der Waals surface area contributed by atoms with Crippen molar-refractivity contribution in [3.05, 3.63) is 53.1 Å². The summed E-state index contributed by atoms with van der Waals surface area (Å²) in [5.74, 6) is -9.53. The number of allylic oxidation sites excluding steroid dienone is 3. The van der Waals surface area contributed by atoms with E-state index in [0.29, 0.717) is 30.9 Å². The Hall–Kier alpha value is -1.76. The molecule has 1 aromatic rings. The fraction of sp³-hybridized carbons (Fsp3) is 0.524. The van der Waals surface area contributed by atoms with Crippen LogP contribution in [0.3, 0.4) is 0 Å². The second-order valence-electron chi connectivity index (χ2n) is 7.69. The molecule has 0 aliphatic heterocycles. The zero-order chi connectivity index (χ0) is 20.7. The van der Waals surface area contributed by atoms with Crippen molar-refractivity contribution in [3.8, 4) is 0 Å². The van der Waals surface area contributed by atoms with Crippen LogP contribution < -0.4 is 0 Å². The van der Waals surface area contributed by atoms with E-state index >= 15 is 0 Å². The van der Waals surface area contributed by atoms with Gasteiger partial charge in [0.15, 0.2) is 0 Å². The van der Waals surface area contributed by atoms with Crippen LogP contribution in [0.4, 0.5) is 26.3 Å². The van der Waals surface area contributed by atoms with E-state index in [9.17, 15) is 26.3 Å². The number of ether oxygens (including phenoxy) is 1. The Morgan fingerprint density at radius 1 is 0.893 bits per heavy atom. The third-order valence-corrected chi connectivity index (χ3v) is 5.44. The van der Waals surface area contributed by atoms with E-state index in [0.717, 1.165) is 5.56 Å². The molecule has 3 rings (SSSR count). The number of hydrogen-bond acceptors (Lipinski definition) is 1. The molecule has 1 fully saturated rings. The lowest BCUT2D eigenvalue weighted by molar-refractivity contribution is -0.270. The Morgan fingerprint density at radius 2 is 1.46 bits per heavy atom. The van der Waals surface area contributed by atoms with E-state index in [1.54, 1.807) is 6.92 Å². The van der Waals surface area contributed by atoms with Crippen molar-refractivity contribution in [2.24, 2.45) is 5.92 Å². The van der Waals surface area contributed by atoms with Gasteiger partial charge in [0.25, 0.3) is 0 Å². The van der Waals surface area contributed by atoms with Gasteiger partial charge in [0.2, 0.25) is 0 Å². The van der Waals surface area contributed by atoms with Crippen LogP contribution in [0.2, 0.25) is 0 Å². The van der Waals surface area contributed by atoms with Crippen molar-refractivity contribution in [2.45, 2.75) is 63.6 Å². The molecule has 0 saturated heterocycles. The second-order valence-corrected chi connectivity index (χ2v) is 7.69. The molecule has 0 heterocycles. The van der Waals surface area contributed by atoms with Crippen LogP contribution in [0, 0.1) is 12.8 Å². The molecule has 1 aromatic carbocycles. The van der Waals surface area contributed by atoms with Gasteiger partial charge in [0, 0.05) is 5.57 Å². The highest BCUT2D eigenvalue weighted by Gasteiger charge is 2.68. The highest BCUT2D eigenvalue weighted by molar-refractivity contribution is 5.76. The first-order chi connectivity index (χ1) is 12.9. The van der Waals surface area contributed by atoms with E-state index in [-0.39, 0.29) is 18.4 Å². The largest absolute Gasteiger partial charge is 0.385 e. The van der Waals surface area contributed by atoms with E-state index in [4.69, 9.17) is 0 Å². The van der Waals surface area contributed by atoms with Crippen molar-refractivity contribution in [1.82, 2.24) is 0 Å². The zero-order valence-corrected chi connectivity index (χ0v) is 15.6. The minimum atomic E-state index is -5.08. The van der Waals surface area contributed by atoms with Crippen molar-refractivity contribution >= 4 is 5.57 Å². The van der Waals surface area contributed by atoms with Gasteiger partial charge < -0.3 is 4.74 Å². The summed E-state index contributed by atoms with van der Waals surface area (Å²) in [5.41, 5.74) is -2.38. The first-order valence-corrected chi connectivity index (χ1v) is 9.27. The number of benzene rings is 1. The van der Waals surface area contributed by atoms with Gasteiger partial charge in [0.1, 0.15) is 5.57 Å². The molecule has 2 aliphatic rings. The Morgan fingerprint density at radius 3 is 2.04 bits per heavy atom. The molecule has 0 amide bonds. The standard InChI is InChI=1S/C21H22F6O/c1-13-3-7-15(8-4-13)17-11-12-18(20(24,25)19(17,22)23)21(26,27)28-16-9-5-14(2)6-10-16/h3-4,7-8,11-12,14,16H,5-6,9-10H2,1-2H3. The highest BCUT2D eigenvalue weighted by Crippen LogP contribution is 2.54. The van der Waals surface area contributed by atoms with Crippen LogP contribution >= 0.6 is 0 Å². The van der Waals surface area contributed by atoms with E-state index in [2.05, 4.69) is 4.74 Å². The van der Waals surface area contributed by atoms with Crippen molar-refractivity contribution in [1.29, 1.82) is 0 Å². The Bertz CT molecular complexity index is 771. The fourth-order valence-electron chi connectivity index (χ4n) is 3.62. The number of aryl methyl sites for hydroxylation is 1. The SMILES string of the molecule is Cc1ccc(C2=CC=C(C(F)(F)OC3CCC(C)CC3)C(F)(F)C2(F)F)cc1. The van der Waals surface area contributed by atoms with Gasteiger partial charge in [-0.1, -0.05) is 42.8 Å². The summed E-state index contributed by atoms with van der Waals surface area (Å²) in [4.78, 5) is 0. The Kier molecular flexibility index (Phi) is 5.42. The monoisotopic (exact) mass is 404 g/mol. The molecule has 1 nitrogen and oxygen atoms in total. The summed E-state index contributed by atoms with van der Waals surface area (Å²) in [6, 6.07) is 5.51. The molecule has 154 valence electrons. The number of hydrogen-bond donors (Lipinski definition) is 0. The highest BCUT2D eigenvalue weighted by atomic mass is 19.3. The fourth-order valence-corrected chi connectivity index (χ4v) is 3.62. The van der Waals surface area contributed by atoms with E-state index < -0.39 is 35.2 Å². The van der Waals surface area contributed by atoms with Gasteiger partial charge in [-0.2, -0.15) is 26.3 Å². The minimum Gasteiger partial charge on any atom is -0.313 e. The molecule has 0 bridgehead atoms. The molecule has 0 aromatic heterocycles. The normalized spacial score (nSPS) is 27.1. The molecular weight excluding hydrogens is 382 g/mol. The first kappa shape index (κ1) is 21.0. The van der Waals surface area contributed by atoms with Crippen LogP contribution in [0.15, 0.2) is 42.0 Å². The molecule has 0 radical (unpaired) electrons. The van der Waals surface area contributed by atoms with Crippen LogP contribution in [-0.4, -0.2) is 24.1 Å². The molecule has 0 N–H and O–H groups in total. The van der Waals surface area contributed by atoms with Gasteiger partial charge in [-0.25, -0.2) is 0 Å². The summed E-state index contributed by atoms with van der Waals surface area (Å²) >= 11 is 0. The lowest BCUT2D eigenvalue weighted by Gasteiger charge is -2.37. The van der Waals surface area contributed by atoms with Crippen molar-refractivity contribution in [2.75, 3.05) is 0 Å². The summed E-state index contributed by atoms with van der Waals surface area (Å²) in [6.07, 6.45) is -2.57. The Balaban J connectivity index is 1.93. The maximum absolute atomic E-state index is 14.6. The minimum absolute atomic E-state index is 0.143. The summed E-state index contributed by atoms with van der Waals surface area (Å²) in [7, 11) is 0. The molecule has 1 saturated carbocycles. The summed E-state index contributed by atoms with van der Waals surface area (Å²) in [6.45, 7) is 3.68. The molecule has 2 aliphatic carbocycles. The average molecular weight is 404 g/mol. The van der Waals surface area contributed by atoms with Crippen molar-refractivity contribution < 1.29 is 31.1 Å². The molecule has 0 spiro atoms. The average Bonchev–Trinajstić information content (AvgIpc) is 2.60. The van der Waals surface area contributed by atoms with Gasteiger partial charge >= 0.3 is 18.0 Å². The third kappa shape index (κ3) is 3.73. The molecular formula is C21H22F6O. The van der Waals surface area contributed by atoms with E-state index in [1.807, 2.05) is 6.92 Å². The van der Waals surface area contributed by atoms with Crippen LogP contribution in [-0.2, 0) is 4.74 Å². The number of rotatable bonds is 4. The quantitative estimate of drug-likeness (QED) is 0.503. The van der Waals surface area contributed by atoms with Crippen LogP contribution in [0.25, 0.3) is 5.57 Å². The second kappa shape index (κ2) is 7.25. The van der Waals surface area contributed by atoms with E-state index in [1.165, 1.54) is 24.3 Å². The lowest BCUT2D eigenvalue weighted by atomic mass is 9.85. The van der Waals surface area contributed by atoms with Gasteiger partial charge in [0.05, 0.1) is 6.10 Å². The molecule has 7 heteroatoms.